The summed E-state index contributed by atoms with van der Waals surface area (Å²) in [4.78, 5) is 30.0. The molecule has 4 rings (SSSR count). The van der Waals surface area contributed by atoms with Crippen LogP contribution in [0.15, 0.2) is 77.7 Å². The lowest BCUT2D eigenvalue weighted by molar-refractivity contribution is -0.384. The first-order valence-corrected chi connectivity index (χ1v) is 12.1. The average Bonchev–Trinajstić information content (AvgIpc) is 3.20. The van der Waals surface area contributed by atoms with E-state index < -0.39 is 14.8 Å². The Bertz CT molecular complexity index is 1420. The van der Waals surface area contributed by atoms with E-state index in [1.54, 1.807) is 12.1 Å². The Hall–Kier alpha value is -3.63. The molecule has 0 unspecified atom stereocenters. The zero-order valence-corrected chi connectivity index (χ0v) is 18.5. The summed E-state index contributed by atoms with van der Waals surface area (Å²) in [6.45, 7) is 0.232. The van der Waals surface area contributed by atoms with E-state index in [1.807, 2.05) is 30.3 Å². The van der Waals surface area contributed by atoms with Crippen LogP contribution >= 0.6 is 11.3 Å². The molecule has 1 heterocycles. The van der Waals surface area contributed by atoms with Crippen LogP contribution in [0.5, 0.6) is 0 Å². The van der Waals surface area contributed by atoms with Gasteiger partial charge >= 0.3 is 0 Å². The largest absolute Gasteiger partial charge is 0.279 e. The Morgan fingerprint density at radius 1 is 1.06 bits per heavy atom. The van der Waals surface area contributed by atoms with Gasteiger partial charge in [0.2, 0.25) is 0 Å². The lowest BCUT2D eigenvalue weighted by Crippen LogP contribution is -2.30. The van der Waals surface area contributed by atoms with Crippen molar-refractivity contribution in [2.75, 3.05) is 11.2 Å². The molecule has 0 radical (unpaired) electrons. The molecule has 32 heavy (non-hydrogen) atoms. The van der Waals surface area contributed by atoms with Gasteiger partial charge in [-0.25, -0.2) is 13.4 Å². The van der Waals surface area contributed by atoms with Crippen molar-refractivity contribution in [2.24, 2.45) is 0 Å². The number of nitrogens with zero attached hydrogens (tertiary/aromatic N) is 3. The number of fused-ring (bicyclic) bond motifs is 1. The summed E-state index contributed by atoms with van der Waals surface area (Å²) in [6, 6.07) is 19.4. The van der Waals surface area contributed by atoms with E-state index in [9.17, 15) is 23.3 Å². The summed E-state index contributed by atoms with van der Waals surface area (Å²) in [5.74, 6) is -0.369. The molecule has 0 spiro atoms. The third kappa shape index (κ3) is 4.51. The standard InChI is InChI=1S/C22H17N3O5S2/c1-32(29,30)18-11-12-19-20(13-18)31-22(23-19)24(14-15-5-3-2-4-6-15)21(26)16-7-9-17(10-8-16)25(27)28/h2-13H,14H2,1H3. The van der Waals surface area contributed by atoms with Crippen molar-refractivity contribution < 1.29 is 18.1 Å². The van der Waals surface area contributed by atoms with Crippen molar-refractivity contribution in [3.8, 4) is 0 Å². The molecule has 10 heteroatoms. The first-order chi connectivity index (χ1) is 15.2. The number of nitro benzene ring substituents is 1. The van der Waals surface area contributed by atoms with E-state index >= 15 is 0 Å². The summed E-state index contributed by atoms with van der Waals surface area (Å²) >= 11 is 1.21. The number of non-ortho nitro benzene ring substituents is 1. The van der Waals surface area contributed by atoms with Crippen LogP contribution in [-0.4, -0.2) is 30.5 Å². The molecule has 4 aromatic rings. The minimum Gasteiger partial charge on any atom is -0.279 e. The molecular weight excluding hydrogens is 450 g/mol. The van der Waals surface area contributed by atoms with Gasteiger partial charge < -0.3 is 0 Å². The van der Waals surface area contributed by atoms with Crippen molar-refractivity contribution in [1.82, 2.24) is 4.98 Å². The van der Waals surface area contributed by atoms with Crippen molar-refractivity contribution in [1.29, 1.82) is 0 Å². The number of carbonyl (C=O) groups excluding carboxylic acids is 1. The third-order valence-electron chi connectivity index (χ3n) is 4.76. The Kier molecular flexibility index (Phi) is 5.72. The third-order valence-corrected chi connectivity index (χ3v) is 6.91. The molecule has 0 aliphatic carbocycles. The molecular formula is C22H17N3O5S2. The van der Waals surface area contributed by atoms with Crippen molar-refractivity contribution in [3.05, 3.63) is 94.0 Å². The molecule has 1 amide bonds. The summed E-state index contributed by atoms with van der Waals surface area (Å²) in [6.07, 6.45) is 1.13. The number of rotatable bonds is 6. The van der Waals surface area contributed by atoms with Crippen LogP contribution in [0.3, 0.4) is 0 Å². The normalized spacial score (nSPS) is 11.4. The van der Waals surface area contributed by atoms with Gasteiger partial charge in [-0.1, -0.05) is 41.7 Å². The predicted octanol–water partition coefficient (Wildman–Crippen LogP) is 4.46. The second kappa shape index (κ2) is 8.48. The molecule has 1 aromatic heterocycles. The number of carbonyl (C=O) groups is 1. The molecule has 3 aromatic carbocycles. The van der Waals surface area contributed by atoms with Gasteiger partial charge in [0.1, 0.15) is 0 Å². The van der Waals surface area contributed by atoms with Crippen LogP contribution in [0.1, 0.15) is 15.9 Å². The van der Waals surface area contributed by atoms with E-state index in [0.29, 0.717) is 15.3 Å². The lowest BCUT2D eigenvalue weighted by Gasteiger charge is -2.20. The topological polar surface area (TPSA) is 110 Å². The van der Waals surface area contributed by atoms with E-state index in [2.05, 4.69) is 4.98 Å². The highest BCUT2D eigenvalue weighted by Crippen LogP contribution is 2.32. The first kappa shape index (κ1) is 21.6. The molecule has 162 valence electrons. The SMILES string of the molecule is CS(=O)(=O)c1ccc2nc(N(Cc3ccccc3)C(=O)c3ccc([N+](=O)[O-])cc3)sc2c1. The number of aromatic nitrogens is 1. The molecule has 8 nitrogen and oxygen atoms in total. The number of hydrogen-bond donors (Lipinski definition) is 0. The molecule has 0 saturated heterocycles. The van der Waals surface area contributed by atoms with E-state index in [4.69, 9.17) is 0 Å². The smallest absolute Gasteiger partial charge is 0.269 e. The summed E-state index contributed by atoms with van der Waals surface area (Å²) in [5.41, 5.74) is 1.62. The average molecular weight is 468 g/mol. The zero-order valence-electron chi connectivity index (χ0n) is 16.8. The summed E-state index contributed by atoms with van der Waals surface area (Å²) in [5, 5.41) is 11.3. The number of benzene rings is 3. The monoisotopic (exact) mass is 467 g/mol. The highest BCUT2D eigenvalue weighted by Gasteiger charge is 2.23. The summed E-state index contributed by atoms with van der Waals surface area (Å²) < 4.78 is 24.4. The number of hydrogen-bond acceptors (Lipinski definition) is 7. The van der Waals surface area contributed by atoms with Crippen LogP contribution < -0.4 is 4.90 Å². The molecule has 0 atom stereocenters. The number of sulfone groups is 1. The Morgan fingerprint density at radius 3 is 2.38 bits per heavy atom. The maximum atomic E-state index is 13.4. The molecule has 0 fully saturated rings. The minimum atomic E-state index is -3.38. The van der Waals surface area contributed by atoms with Gasteiger partial charge in [-0.3, -0.25) is 19.8 Å². The van der Waals surface area contributed by atoms with Crippen molar-refractivity contribution in [3.63, 3.8) is 0 Å². The summed E-state index contributed by atoms with van der Waals surface area (Å²) in [7, 11) is -3.38. The Balaban J connectivity index is 1.76. The number of anilines is 1. The minimum absolute atomic E-state index is 0.107. The van der Waals surface area contributed by atoms with Crippen molar-refractivity contribution in [2.45, 2.75) is 11.4 Å². The Morgan fingerprint density at radius 2 is 1.75 bits per heavy atom. The van der Waals surface area contributed by atoms with Gasteiger partial charge in [-0.05, 0) is 35.9 Å². The van der Waals surface area contributed by atoms with Gasteiger partial charge in [0.05, 0.1) is 26.6 Å². The van der Waals surface area contributed by atoms with Crippen LogP contribution in [0.4, 0.5) is 10.8 Å². The van der Waals surface area contributed by atoms with Gasteiger partial charge in [0.25, 0.3) is 11.6 Å². The van der Waals surface area contributed by atoms with E-state index in [0.717, 1.165) is 11.8 Å². The van der Waals surface area contributed by atoms with Gasteiger partial charge in [-0.15, -0.1) is 0 Å². The quantitative estimate of drug-likeness (QED) is 0.306. The first-order valence-electron chi connectivity index (χ1n) is 9.43. The van der Waals surface area contributed by atoms with Crippen molar-refractivity contribution >= 4 is 48.1 Å². The molecule has 0 aliphatic rings. The molecule has 0 aliphatic heterocycles. The fourth-order valence-electron chi connectivity index (χ4n) is 3.11. The van der Waals surface area contributed by atoms with Crippen LogP contribution in [0, 0.1) is 10.1 Å². The molecule has 0 saturated carbocycles. The maximum absolute atomic E-state index is 13.4. The van der Waals surface area contributed by atoms with E-state index in [1.165, 1.54) is 46.6 Å². The van der Waals surface area contributed by atoms with Gasteiger partial charge in [0, 0.05) is 24.0 Å². The van der Waals surface area contributed by atoms with Crippen LogP contribution in [0.2, 0.25) is 0 Å². The molecule has 0 bridgehead atoms. The van der Waals surface area contributed by atoms with Crippen LogP contribution in [0.25, 0.3) is 10.2 Å². The lowest BCUT2D eigenvalue weighted by atomic mass is 10.1. The zero-order chi connectivity index (χ0) is 22.9. The highest BCUT2D eigenvalue weighted by atomic mass is 32.2. The highest BCUT2D eigenvalue weighted by molar-refractivity contribution is 7.90. The second-order valence-corrected chi connectivity index (χ2v) is 10.1. The fraction of sp³-hybridized carbons (Fsp3) is 0.0909. The van der Waals surface area contributed by atoms with Gasteiger partial charge in [-0.2, -0.15) is 0 Å². The van der Waals surface area contributed by atoms with Crippen LogP contribution in [-0.2, 0) is 16.4 Å². The number of amides is 1. The van der Waals surface area contributed by atoms with E-state index in [-0.39, 0.29) is 28.6 Å². The number of thiazole rings is 1. The second-order valence-electron chi connectivity index (χ2n) is 7.08. The number of nitro groups is 1. The Labute approximate surface area is 187 Å². The predicted molar refractivity (Wildman–Crippen MR) is 123 cm³/mol. The maximum Gasteiger partial charge on any atom is 0.269 e. The van der Waals surface area contributed by atoms with Gasteiger partial charge in [0.15, 0.2) is 15.0 Å². The fourth-order valence-corrected chi connectivity index (χ4v) is 4.84. The molecule has 0 N–H and O–H groups in total.